The molecule has 2 aliphatic rings. The first-order valence-electron chi connectivity index (χ1n) is 5.35. The number of rotatable bonds is 2. The van der Waals surface area contributed by atoms with Gasteiger partial charge in [-0.1, -0.05) is 20.8 Å². The van der Waals surface area contributed by atoms with Crippen molar-refractivity contribution in [3.8, 4) is 0 Å². The number of carbonyl (C=O) groups is 1. The van der Waals surface area contributed by atoms with Crippen LogP contribution in [0.2, 0.25) is 0 Å². The first-order valence-corrected chi connectivity index (χ1v) is 5.35. The van der Waals surface area contributed by atoms with E-state index in [1.54, 1.807) is 0 Å². The Balaban J connectivity index is 1.98. The summed E-state index contributed by atoms with van der Waals surface area (Å²) in [5.74, 6) is 1.68. The smallest absolute Gasteiger partial charge is 0.229 e. The maximum absolute atomic E-state index is 12.0. The molecule has 74 valence electrons. The molecule has 13 heavy (non-hydrogen) atoms. The highest BCUT2D eigenvalue weighted by atomic mass is 16.2. The second kappa shape index (κ2) is 2.73. The summed E-state index contributed by atoms with van der Waals surface area (Å²) in [6.07, 6.45) is 2.24. The van der Waals surface area contributed by atoms with Crippen LogP contribution in [-0.4, -0.2) is 23.9 Å². The molecule has 1 amide bonds. The molecule has 1 saturated carbocycles. The summed E-state index contributed by atoms with van der Waals surface area (Å²) in [5.41, 5.74) is 0.0557. The molecular formula is C11H19NO. The third-order valence-corrected chi connectivity index (χ3v) is 3.67. The van der Waals surface area contributed by atoms with Gasteiger partial charge in [-0.3, -0.25) is 4.79 Å². The summed E-state index contributed by atoms with van der Waals surface area (Å²) in [6.45, 7) is 8.54. The van der Waals surface area contributed by atoms with Crippen molar-refractivity contribution in [2.24, 2.45) is 17.3 Å². The van der Waals surface area contributed by atoms with E-state index < -0.39 is 0 Å². The highest BCUT2D eigenvalue weighted by Crippen LogP contribution is 2.53. The van der Waals surface area contributed by atoms with Gasteiger partial charge in [0.25, 0.3) is 0 Å². The van der Waals surface area contributed by atoms with Crippen LogP contribution in [0.15, 0.2) is 0 Å². The number of hydrogen-bond acceptors (Lipinski definition) is 1. The van der Waals surface area contributed by atoms with Crippen LogP contribution in [0.5, 0.6) is 0 Å². The standard InChI is InChI=1S/C11H19NO/c1-8(2)11(4-5-11)10(13)12-6-9(3)7-12/h8-9H,4-7H2,1-3H3. The van der Waals surface area contributed by atoms with Crippen LogP contribution in [0.1, 0.15) is 33.6 Å². The van der Waals surface area contributed by atoms with Crippen LogP contribution in [-0.2, 0) is 4.79 Å². The Kier molecular flexibility index (Phi) is 1.90. The van der Waals surface area contributed by atoms with E-state index in [0.29, 0.717) is 11.8 Å². The lowest BCUT2D eigenvalue weighted by molar-refractivity contribution is -0.144. The van der Waals surface area contributed by atoms with Crippen LogP contribution in [0.25, 0.3) is 0 Å². The largest absolute Gasteiger partial charge is 0.342 e. The Bertz CT molecular complexity index is 224. The van der Waals surface area contributed by atoms with Crippen molar-refractivity contribution in [1.82, 2.24) is 4.90 Å². The molecule has 1 aliphatic heterocycles. The van der Waals surface area contributed by atoms with Crippen LogP contribution >= 0.6 is 0 Å². The van der Waals surface area contributed by atoms with Crippen LogP contribution in [0.3, 0.4) is 0 Å². The lowest BCUT2D eigenvalue weighted by atomic mass is 9.88. The summed E-state index contributed by atoms with van der Waals surface area (Å²) in [4.78, 5) is 14.1. The fourth-order valence-corrected chi connectivity index (χ4v) is 2.35. The summed E-state index contributed by atoms with van der Waals surface area (Å²) >= 11 is 0. The van der Waals surface area contributed by atoms with Gasteiger partial charge in [0.1, 0.15) is 0 Å². The van der Waals surface area contributed by atoms with Crippen molar-refractivity contribution in [2.75, 3.05) is 13.1 Å². The molecule has 0 radical (unpaired) electrons. The van der Waals surface area contributed by atoms with Gasteiger partial charge >= 0.3 is 0 Å². The lowest BCUT2D eigenvalue weighted by Crippen LogP contribution is -2.52. The van der Waals surface area contributed by atoms with Crippen molar-refractivity contribution < 1.29 is 4.79 Å². The van der Waals surface area contributed by atoms with Gasteiger partial charge in [0.15, 0.2) is 0 Å². The molecule has 2 rings (SSSR count). The molecule has 2 nitrogen and oxygen atoms in total. The zero-order chi connectivity index (χ0) is 9.64. The molecule has 1 heterocycles. The Morgan fingerprint density at radius 3 is 2.23 bits per heavy atom. The van der Waals surface area contributed by atoms with E-state index in [9.17, 15) is 4.79 Å². The highest BCUT2D eigenvalue weighted by Gasteiger charge is 2.54. The Morgan fingerprint density at radius 1 is 1.38 bits per heavy atom. The average Bonchev–Trinajstić information content (AvgIpc) is 2.77. The third-order valence-electron chi connectivity index (χ3n) is 3.67. The van der Waals surface area contributed by atoms with E-state index in [1.165, 1.54) is 0 Å². The van der Waals surface area contributed by atoms with Gasteiger partial charge in [0, 0.05) is 13.1 Å². The van der Waals surface area contributed by atoms with Crippen LogP contribution in [0, 0.1) is 17.3 Å². The predicted molar refractivity (Wildman–Crippen MR) is 52.2 cm³/mol. The highest BCUT2D eigenvalue weighted by molar-refractivity contribution is 5.86. The molecule has 1 aliphatic carbocycles. The zero-order valence-electron chi connectivity index (χ0n) is 8.84. The number of likely N-dealkylation sites (tertiary alicyclic amines) is 1. The molecular weight excluding hydrogens is 162 g/mol. The second-order valence-corrected chi connectivity index (χ2v) is 5.13. The van der Waals surface area contributed by atoms with Crippen molar-refractivity contribution in [1.29, 1.82) is 0 Å². The SMILES string of the molecule is CC1CN(C(=O)C2(C(C)C)CC2)C1. The normalized spacial score (nSPS) is 26.0. The summed E-state index contributed by atoms with van der Waals surface area (Å²) < 4.78 is 0. The maximum Gasteiger partial charge on any atom is 0.229 e. The molecule has 2 fully saturated rings. The summed E-state index contributed by atoms with van der Waals surface area (Å²) in [6, 6.07) is 0. The molecule has 0 spiro atoms. The molecule has 0 bridgehead atoms. The summed E-state index contributed by atoms with van der Waals surface area (Å²) in [7, 11) is 0. The molecule has 0 atom stereocenters. The lowest BCUT2D eigenvalue weighted by Gasteiger charge is -2.40. The molecule has 0 unspecified atom stereocenters. The predicted octanol–water partition coefficient (Wildman–Crippen LogP) is 1.90. The Hall–Kier alpha value is -0.530. The second-order valence-electron chi connectivity index (χ2n) is 5.13. The third kappa shape index (κ3) is 1.27. The minimum Gasteiger partial charge on any atom is -0.342 e. The molecule has 0 N–H and O–H groups in total. The molecule has 0 aromatic rings. The number of amides is 1. The van der Waals surface area contributed by atoms with Gasteiger partial charge in [-0.05, 0) is 24.7 Å². The monoisotopic (exact) mass is 181 g/mol. The number of nitrogens with zero attached hydrogens (tertiary/aromatic N) is 1. The van der Waals surface area contributed by atoms with E-state index >= 15 is 0 Å². The zero-order valence-corrected chi connectivity index (χ0v) is 8.84. The Morgan fingerprint density at radius 2 is 1.92 bits per heavy atom. The van der Waals surface area contributed by atoms with Gasteiger partial charge < -0.3 is 4.90 Å². The first-order chi connectivity index (χ1) is 6.06. The van der Waals surface area contributed by atoms with Crippen molar-refractivity contribution in [3.63, 3.8) is 0 Å². The van der Waals surface area contributed by atoms with Crippen LogP contribution in [0.4, 0.5) is 0 Å². The quantitative estimate of drug-likeness (QED) is 0.637. The van der Waals surface area contributed by atoms with Gasteiger partial charge in [0.05, 0.1) is 5.41 Å². The maximum atomic E-state index is 12.0. The Labute approximate surface area is 80.3 Å². The first kappa shape index (κ1) is 9.04. The fraction of sp³-hybridized carbons (Fsp3) is 0.909. The number of hydrogen-bond donors (Lipinski definition) is 0. The van der Waals surface area contributed by atoms with Crippen molar-refractivity contribution in [2.45, 2.75) is 33.6 Å². The van der Waals surface area contributed by atoms with Gasteiger partial charge in [0.2, 0.25) is 5.91 Å². The topological polar surface area (TPSA) is 20.3 Å². The van der Waals surface area contributed by atoms with Crippen LogP contribution < -0.4 is 0 Å². The summed E-state index contributed by atoms with van der Waals surface area (Å²) in [5, 5.41) is 0. The van der Waals surface area contributed by atoms with E-state index in [0.717, 1.165) is 31.8 Å². The fourth-order valence-electron chi connectivity index (χ4n) is 2.35. The number of carbonyl (C=O) groups excluding carboxylic acids is 1. The van der Waals surface area contributed by atoms with E-state index in [-0.39, 0.29) is 5.41 Å². The molecule has 2 heteroatoms. The van der Waals surface area contributed by atoms with E-state index in [2.05, 4.69) is 20.8 Å². The van der Waals surface area contributed by atoms with Crippen molar-refractivity contribution in [3.05, 3.63) is 0 Å². The minimum atomic E-state index is 0.0557. The van der Waals surface area contributed by atoms with Gasteiger partial charge in [-0.2, -0.15) is 0 Å². The molecule has 0 aromatic carbocycles. The van der Waals surface area contributed by atoms with Crippen molar-refractivity contribution >= 4 is 5.91 Å². The average molecular weight is 181 g/mol. The van der Waals surface area contributed by atoms with Gasteiger partial charge in [-0.15, -0.1) is 0 Å². The van der Waals surface area contributed by atoms with E-state index in [1.807, 2.05) is 4.90 Å². The van der Waals surface area contributed by atoms with E-state index in [4.69, 9.17) is 0 Å². The molecule has 0 aromatic heterocycles. The minimum absolute atomic E-state index is 0.0557. The van der Waals surface area contributed by atoms with Gasteiger partial charge in [-0.25, -0.2) is 0 Å². The molecule has 1 saturated heterocycles.